The number of hydrogen-bond donors (Lipinski definition) is 3. The molecule has 2 heterocycles. The van der Waals surface area contributed by atoms with Gasteiger partial charge in [-0.3, -0.25) is 19.1 Å². The lowest BCUT2D eigenvalue weighted by atomic mass is 9.80. The standard InChI is InChI=1S/C29H26N6O4/c36-24(30-17-29(39)14-5-15-29)16-35-23-9-4-3-8-22(23)26(34-35)28(38)31-19-12-10-18(11-13-19)25-20-6-1-2-7-21(20)27(37)33-32-25/h1-4,6-13,21,39H,5,14-17H2,(H,30,36)(H,31,38). The molecule has 1 aromatic heterocycles. The quantitative estimate of drug-likeness (QED) is 0.434. The van der Waals surface area contributed by atoms with Crippen LogP contribution in [0.15, 0.2) is 88.6 Å². The molecule has 39 heavy (non-hydrogen) atoms. The van der Waals surface area contributed by atoms with E-state index < -0.39 is 17.4 Å². The molecule has 2 aliphatic carbocycles. The Hall–Kier alpha value is -4.70. The van der Waals surface area contributed by atoms with Crippen LogP contribution in [0.5, 0.6) is 0 Å². The molecule has 1 saturated carbocycles. The summed E-state index contributed by atoms with van der Waals surface area (Å²) in [6.45, 7) is 0.135. The van der Waals surface area contributed by atoms with Gasteiger partial charge in [0.2, 0.25) is 5.91 Å². The van der Waals surface area contributed by atoms with Gasteiger partial charge in [0.25, 0.3) is 11.8 Å². The molecule has 3 amide bonds. The van der Waals surface area contributed by atoms with Gasteiger partial charge in [-0.25, -0.2) is 0 Å². The number of nitrogens with one attached hydrogen (secondary N) is 2. The third kappa shape index (κ3) is 4.82. The van der Waals surface area contributed by atoms with Gasteiger partial charge in [0.1, 0.15) is 6.54 Å². The van der Waals surface area contributed by atoms with Crippen LogP contribution >= 0.6 is 0 Å². The molecule has 10 heteroatoms. The zero-order chi connectivity index (χ0) is 27.0. The van der Waals surface area contributed by atoms with Crippen LogP contribution in [0.2, 0.25) is 0 Å². The molecule has 2 aromatic carbocycles. The van der Waals surface area contributed by atoms with E-state index in [0.717, 1.165) is 17.6 Å². The summed E-state index contributed by atoms with van der Waals surface area (Å²) in [5.41, 5.74) is 2.78. The Morgan fingerprint density at radius 3 is 2.62 bits per heavy atom. The summed E-state index contributed by atoms with van der Waals surface area (Å²) < 4.78 is 1.50. The molecule has 196 valence electrons. The minimum absolute atomic E-state index is 0.0717. The Bertz CT molecular complexity index is 1610. The topological polar surface area (TPSA) is 138 Å². The van der Waals surface area contributed by atoms with Crippen molar-refractivity contribution in [2.45, 2.75) is 31.4 Å². The number of anilines is 1. The molecular formula is C29H26N6O4. The van der Waals surface area contributed by atoms with E-state index in [2.05, 4.69) is 26.0 Å². The molecule has 1 atom stereocenters. The van der Waals surface area contributed by atoms with E-state index in [4.69, 9.17) is 0 Å². The average molecular weight is 523 g/mol. The molecule has 3 aromatic rings. The summed E-state index contributed by atoms with van der Waals surface area (Å²) in [5, 5.41) is 28.9. The van der Waals surface area contributed by atoms with Gasteiger partial charge in [-0.1, -0.05) is 54.6 Å². The van der Waals surface area contributed by atoms with Crippen molar-refractivity contribution in [1.82, 2.24) is 15.1 Å². The summed E-state index contributed by atoms with van der Waals surface area (Å²) in [6, 6.07) is 14.4. The molecule has 10 nitrogen and oxygen atoms in total. The van der Waals surface area contributed by atoms with Crippen LogP contribution in [0.1, 0.15) is 35.3 Å². The van der Waals surface area contributed by atoms with Gasteiger partial charge in [-0.15, -0.1) is 10.2 Å². The Morgan fingerprint density at radius 2 is 1.85 bits per heavy atom. The van der Waals surface area contributed by atoms with Gasteiger partial charge < -0.3 is 15.7 Å². The maximum Gasteiger partial charge on any atom is 0.276 e. The van der Waals surface area contributed by atoms with E-state index in [1.54, 1.807) is 30.3 Å². The monoisotopic (exact) mass is 522 g/mol. The van der Waals surface area contributed by atoms with Gasteiger partial charge in [0, 0.05) is 23.2 Å². The molecule has 0 spiro atoms. The van der Waals surface area contributed by atoms with Crippen molar-refractivity contribution in [2.24, 2.45) is 16.1 Å². The molecule has 3 aliphatic rings. The number of allylic oxidation sites excluding steroid dienone is 3. The van der Waals surface area contributed by atoms with E-state index in [-0.39, 0.29) is 30.6 Å². The smallest absolute Gasteiger partial charge is 0.276 e. The SMILES string of the molecule is O=C(Cn1nc(C(=O)Nc2ccc(C3=C4C=CC=CC4C(=O)N=N3)cc2)c2ccccc21)NCC1(O)CCC1. The van der Waals surface area contributed by atoms with Crippen molar-refractivity contribution in [2.75, 3.05) is 11.9 Å². The van der Waals surface area contributed by atoms with Crippen LogP contribution in [0, 0.1) is 5.92 Å². The first-order valence-corrected chi connectivity index (χ1v) is 12.8. The van der Waals surface area contributed by atoms with E-state index in [1.807, 2.05) is 42.5 Å². The van der Waals surface area contributed by atoms with Crippen LogP contribution in [0.3, 0.4) is 0 Å². The van der Waals surface area contributed by atoms with Crippen molar-refractivity contribution in [3.63, 3.8) is 0 Å². The molecular weight excluding hydrogens is 496 g/mol. The lowest BCUT2D eigenvalue weighted by molar-refractivity contribution is -0.124. The van der Waals surface area contributed by atoms with Crippen molar-refractivity contribution < 1.29 is 19.5 Å². The first kappa shape index (κ1) is 24.6. The Morgan fingerprint density at radius 1 is 1.05 bits per heavy atom. The third-order valence-electron chi connectivity index (χ3n) is 7.30. The summed E-state index contributed by atoms with van der Waals surface area (Å²) in [4.78, 5) is 37.9. The molecule has 6 rings (SSSR count). The van der Waals surface area contributed by atoms with Crippen LogP contribution < -0.4 is 10.6 Å². The van der Waals surface area contributed by atoms with Gasteiger partial charge >= 0.3 is 0 Å². The third-order valence-corrected chi connectivity index (χ3v) is 7.30. The maximum absolute atomic E-state index is 13.2. The number of amides is 3. The molecule has 1 fully saturated rings. The van der Waals surface area contributed by atoms with Crippen molar-refractivity contribution >= 4 is 40.0 Å². The maximum atomic E-state index is 13.2. The number of carbonyl (C=O) groups is 3. The molecule has 3 N–H and O–H groups in total. The Kier molecular flexibility index (Phi) is 6.24. The second-order valence-electron chi connectivity index (χ2n) is 9.97. The fourth-order valence-electron chi connectivity index (χ4n) is 4.96. The van der Waals surface area contributed by atoms with Crippen molar-refractivity contribution in [3.05, 3.63) is 89.7 Å². The molecule has 0 saturated heterocycles. The average Bonchev–Trinajstić information content (AvgIpc) is 3.30. The predicted octanol–water partition coefficient (Wildman–Crippen LogP) is 3.77. The van der Waals surface area contributed by atoms with E-state index in [1.165, 1.54) is 4.68 Å². The van der Waals surface area contributed by atoms with Crippen LogP contribution in [0.25, 0.3) is 16.6 Å². The lowest BCUT2D eigenvalue weighted by Gasteiger charge is -2.36. The van der Waals surface area contributed by atoms with Gasteiger partial charge in [0.15, 0.2) is 5.69 Å². The second kappa shape index (κ2) is 9.88. The lowest BCUT2D eigenvalue weighted by Crippen LogP contribution is -2.48. The molecule has 1 aliphatic heterocycles. The van der Waals surface area contributed by atoms with Crippen molar-refractivity contribution in [1.29, 1.82) is 0 Å². The fraction of sp³-hybridized carbons (Fsp3) is 0.241. The molecule has 0 radical (unpaired) electrons. The van der Waals surface area contributed by atoms with E-state index >= 15 is 0 Å². The second-order valence-corrected chi connectivity index (χ2v) is 9.97. The number of para-hydroxylation sites is 1. The van der Waals surface area contributed by atoms with Crippen LogP contribution in [0.4, 0.5) is 5.69 Å². The minimum atomic E-state index is -0.817. The Balaban J connectivity index is 1.18. The van der Waals surface area contributed by atoms with Crippen LogP contribution in [-0.4, -0.2) is 44.8 Å². The fourth-order valence-corrected chi connectivity index (χ4v) is 4.96. The largest absolute Gasteiger partial charge is 0.388 e. The van der Waals surface area contributed by atoms with E-state index in [9.17, 15) is 19.5 Å². The number of nitrogens with zero attached hydrogens (tertiary/aromatic N) is 4. The zero-order valence-electron chi connectivity index (χ0n) is 21.0. The number of fused-ring (bicyclic) bond motifs is 2. The number of hydrogen-bond acceptors (Lipinski definition) is 6. The first-order chi connectivity index (χ1) is 18.9. The number of rotatable bonds is 7. The number of aliphatic hydroxyl groups is 1. The molecule has 0 bridgehead atoms. The number of azo groups is 1. The summed E-state index contributed by atoms with van der Waals surface area (Å²) in [6.07, 6.45) is 9.66. The van der Waals surface area contributed by atoms with Crippen molar-refractivity contribution in [3.8, 4) is 0 Å². The highest BCUT2D eigenvalue weighted by molar-refractivity contribution is 6.11. The highest BCUT2D eigenvalue weighted by Crippen LogP contribution is 2.34. The number of benzene rings is 2. The van der Waals surface area contributed by atoms with Gasteiger partial charge in [-0.2, -0.15) is 5.10 Å². The van der Waals surface area contributed by atoms with Gasteiger partial charge in [0.05, 0.1) is 22.7 Å². The Labute approximate surface area is 223 Å². The summed E-state index contributed by atoms with van der Waals surface area (Å²) >= 11 is 0. The highest BCUT2D eigenvalue weighted by atomic mass is 16.3. The normalized spacial score (nSPS) is 19.1. The number of aromatic nitrogens is 2. The highest BCUT2D eigenvalue weighted by Gasteiger charge is 2.34. The summed E-state index contributed by atoms with van der Waals surface area (Å²) in [5.74, 6) is -1.42. The van der Waals surface area contributed by atoms with Crippen LogP contribution in [-0.2, 0) is 16.1 Å². The van der Waals surface area contributed by atoms with Gasteiger partial charge in [-0.05, 0) is 43.0 Å². The minimum Gasteiger partial charge on any atom is -0.388 e. The van der Waals surface area contributed by atoms with E-state index in [0.29, 0.717) is 35.1 Å². The zero-order valence-corrected chi connectivity index (χ0v) is 21.0. The molecule has 1 unspecified atom stereocenters. The number of carbonyl (C=O) groups excluding carboxylic acids is 3. The first-order valence-electron chi connectivity index (χ1n) is 12.8. The predicted molar refractivity (Wildman–Crippen MR) is 144 cm³/mol. The summed E-state index contributed by atoms with van der Waals surface area (Å²) in [7, 11) is 0.